The molecule has 28 heavy (non-hydrogen) atoms. The van der Waals surface area contributed by atoms with Crippen molar-refractivity contribution in [2.45, 2.75) is 25.6 Å². The van der Waals surface area contributed by atoms with Crippen LogP contribution in [0.15, 0.2) is 60.8 Å². The molecular formula is C23H25ClN2O2. The third-order valence-corrected chi connectivity index (χ3v) is 5.78. The van der Waals surface area contributed by atoms with Gasteiger partial charge in [0.1, 0.15) is 0 Å². The third-order valence-electron chi connectivity index (χ3n) is 5.41. The summed E-state index contributed by atoms with van der Waals surface area (Å²) in [5.74, 6) is 1.54. The molecule has 0 N–H and O–H groups in total. The van der Waals surface area contributed by atoms with Crippen LogP contribution in [-0.2, 0) is 13.1 Å². The summed E-state index contributed by atoms with van der Waals surface area (Å²) in [6, 6.07) is 18.6. The fourth-order valence-corrected chi connectivity index (χ4v) is 4.33. The molecule has 3 aromatic rings. The van der Waals surface area contributed by atoms with Gasteiger partial charge in [0, 0.05) is 42.1 Å². The molecule has 2 heterocycles. The molecule has 1 unspecified atom stereocenters. The lowest BCUT2D eigenvalue weighted by molar-refractivity contribution is 0.215. The number of hydrogen-bond acceptors (Lipinski definition) is 3. The first-order valence-corrected chi connectivity index (χ1v) is 9.94. The highest BCUT2D eigenvalue weighted by Crippen LogP contribution is 2.42. The van der Waals surface area contributed by atoms with Crippen LogP contribution >= 0.6 is 11.6 Å². The lowest BCUT2D eigenvalue weighted by Crippen LogP contribution is -2.30. The van der Waals surface area contributed by atoms with Gasteiger partial charge in [0.2, 0.25) is 0 Å². The van der Waals surface area contributed by atoms with Crippen molar-refractivity contribution in [2.24, 2.45) is 0 Å². The van der Waals surface area contributed by atoms with E-state index in [2.05, 4.69) is 39.9 Å². The standard InChI is InChI=1S/C23H25ClN2O2/c1-27-21-12-5-9-18(23(21)28-2)22-20-11-6-13-25(20)14-7-15-26(22)16-17-8-3-4-10-19(17)24/h3-6,8-13,22H,7,14-16H2,1-2H3. The van der Waals surface area contributed by atoms with Crippen LogP contribution < -0.4 is 9.47 Å². The summed E-state index contributed by atoms with van der Waals surface area (Å²) in [6.07, 6.45) is 3.24. The summed E-state index contributed by atoms with van der Waals surface area (Å²) >= 11 is 6.49. The van der Waals surface area contributed by atoms with Gasteiger partial charge < -0.3 is 14.0 Å². The molecule has 0 bridgehead atoms. The number of halogens is 1. The van der Waals surface area contributed by atoms with Crippen LogP contribution in [0.25, 0.3) is 0 Å². The van der Waals surface area contributed by atoms with Crippen LogP contribution in [-0.4, -0.2) is 30.2 Å². The highest BCUT2D eigenvalue weighted by Gasteiger charge is 2.31. The van der Waals surface area contributed by atoms with Crippen LogP contribution in [0.3, 0.4) is 0 Å². The average Bonchev–Trinajstić information content (AvgIpc) is 3.10. The molecule has 0 amide bonds. The highest BCUT2D eigenvalue weighted by molar-refractivity contribution is 6.31. The van der Waals surface area contributed by atoms with Gasteiger partial charge in [-0.15, -0.1) is 0 Å². The summed E-state index contributed by atoms with van der Waals surface area (Å²) in [4.78, 5) is 2.48. The largest absolute Gasteiger partial charge is 0.493 e. The van der Waals surface area contributed by atoms with E-state index >= 15 is 0 Å². The first kappa shape index (κ1) is 18.9. The van der Waals surface area contributed by atoms with E-state index in [0.29, 0.717) is 0 Å². The Balaban J connectivity index is 1.83. The van der Waals surface area contributed by atoms with E-state index in [-0.39, 0.29) is 6.04 Å². The molecule has 0 spiro atoms. The molecule has 4 nitrogen and oxygen atoms in total. The molecule has 1 aliphatic rings. The molecule has 5 heteroatoms. The Morgan fingerprint density at radius 3 is 2.61 bits per heavy atom. The Bertz CT molecular complexity index is 953. The van der Waals surface area contributed by atoms with Crippen molar-refractivity contribution in [3.63, 3.8) is 0 Å². The molecule has 4 rings (SSSR count). The van der Waals surface area contributed by atoms with E-state index in [1.807, 2.05) is 30.3 Å². The Labute approximate surface area is 171 Å². The fourth-order valence-electron chi connectivity index (χ4n) is 4.14. The first-order valence-electron chi connectivity index (χ1n) is 9.56. The van der Waals surface area contributed by atoms with Crippen molar-refractivity contribution in [3.8, 4) is 11.5 Å². The van der Waals surface area contributed by atoms with Gasteiger partial charge >= 0.3 is 0 Å². The second kappa shape index (κ2) is 8.29. The number of para-hydroxylation sites is 1. The van der Waals surface area contributed by atoms with E-state index in [9.17, 15) is 0 Å². The van der Waals surface area contributed by atoms with Crippen LogP contribution in [0.2, 0.25) is 5.02 Å². The van der Waals surface area contributed by atoms with Gasteiger partial charge in [0.05, 0.1) is 20.3 Å². The van der Waals surface area contributed by atoms with Crippen molar-refractivity contribution >= 4 is 11.6 Å². The van der Waals surface area contributed by atoms with Gasteiger partial charge in [-0.3, -0.25) is 4.90 Å². The number of methoxy groups -OCH3 is 2. The molecule has 0 saturated carbocycles. The summed E-state index contributed by atoms with van der Waals surface area (Å²) in [5.41, 5.74) is 3.50. The third kappa shape index (κ3) is 3.50. The maximum atomic E-state index is 6.49. The zero-order valence-corrected chi connectivity index (χ0v) is 17.0. The van der Waals surface area contributed by atoms with Gasteiger partial charge in [-0.05, 0) is 36.2 Å². The van der Waals surface area contributed by atoms with Crippen LogP contribution in [0.5, 0.6) is 11.5 Å². The number of aromatic nitrogens is 1. The minimum Gasteiger partial charge on any atom is -0.493 e. The summed E-state index contributed by atoms with van der Waals surface area (Å²) in [6.45, 7) is 2.75. The lowest BCUT2D eigenvalue weighted by atomic mass is 9.99. The maximum absolute atomic E-state index is 6.49. The van der Waals surface area contributed by atoms with Gasteiger partial charge in [-0.2, -0.15) is 0 Å². The number of fused-ring (bicyclic) bond motifs is 1. The smallest absolute Gasteiger partial charge is 0.165 e. The number of nitrogens with zero attached hydrogens (tertiary/aromatic N) is 2. The Hall–Kier alpha value is -2.43. The van der Waals surface area contributed by atoms with Crippen molar-refractivity contribution in [1.29, 1.82) is 0 Å². The number of ether oxygens (including phenoxy) is 2. The topological polar surface area (TPSA) is 26.6 Å². The maximum Gasteiger partial charge on any atom is 0.165 e. The predicted molar refractivity (Wildman–Crippen MR) is 112 cm³/mol. The molecule has 2 aromatic carbocycles. The zero-order valence-electron chi connectivity index (χ0n) is 16.3. The lowest BCUT2D eigenvalue weighted by Gasteiger charge is -2.32. The molecule has 0 saturated heterocycles. The Morgan fingerprint density at radius 2 is 1.82 bits per heavy atom. The van der Waals surface area contributed by atoms with Crippen LogP contribution in [0.4, 0.5) is 0 Å². The number of benzene rings is 2. The Kier molecular flexibility index (Phi) is 5.60. The van der Waals surface area contributed by atoms with E-state index < -0.39 is 0 Å². The van der Waals surface area contributed by atoms with E-state index in [1.54, 1.807) is 14.2 Å². The van der Waals surface area contributed by atoms with Gasteiger partial charge in [0.25, 0.3) is 0 Å². The van der Waals surface area contributed by atoms with E-state index in [0.717, 1.165) is 53.7 Å². The molecule has 0 fully saturated rings. The SMILES string of the molecule is COc1cccc(C2c3cccn3CCCN2Cc2ccccc2Cl)c1OC. The average molecular weight is 397 g/mol. The molecule has 146 valence electrons. The van der Waals surface area contributed by atoms with Crippen LogP contribution in [0.1, 0.15) is 29.3 Å². The molecule has 1 aromatic heterocycles. The second-order valence-electron chi connectivity index (χ2n) is 7.03. The second-order valence-corrected chi connectivity index (χ2v) is 7.43. The molecule has 0 aliphatic carbocycles. The molecule has 0 radical (unpaired) electrons. The predicted octanol–water partition coefficient (Wildman–Crippen LogP) is 5.15. The normalized spacial score (nSPS) is 17.0. The monoisotopic (exact) mass is 396 g/mol. The summed E-state index contributed by atoms with van der Waals surface area (Å²) in [5, 5.41) is 0.804. The van der Waals surface area contributed by atoms with Gasteiger partial charge in [0.15, 0.2) is 11.5 Å². The Morgan fingerprint density at radius 1 is 0.964 bits per heavy atom. The van der Waals surface area contributed by atoms with Crippen molar-refractivity contribution < 1.29 is 9.47 Å². The number of rotatable bonds is 5. The molecule has 1 atom stereocenters. The zero-order chi connectivity index (χ0) is 19.5. The van der Waals surface area contributed by atoms with Crippen molar-refractivity contribution in [2.75, 3.05) is 20.8 Å². The first-order chi connectivity index (χ1) is 13.7. The van der Waals surface area contributed by atoms with Gasteiger partial charge in [-0.25, -0.2) is 0 Å². The quantitative estimate of drug-likeness (QED) is 0.596. The van der Waals surface area contributed by atoms with Gasteiger partial charge in [-0.1, -0.05) is 41.9 Å². The summed E-state index contributed by atoms with van der Waals surface area (Å²) in [7, 11) is 3.38. The fraction of sp³-hybridized carbons (Fsp3) is 0.304. The highest BCUT2D eigenvalue weighted by atomic mass is 35.5. The van der Waals surface area contributed by atoms with Crippen LogP contribution in [0, 0.1) is 0 Å². The minimum atomic E-state index is 0.0545. The number of aryl methyl sites for hydroxylation is 1. The summed E-state index contributed by atoms with van der Waals surface area (Å²) < 4.78 is 13.7. The van der Waals surface area contributed by atoms with Crippen molar-refractivity contribution in [1.82, 2.24) is 9.47 Å². The molecule has 1 aliphatic heterocycles. The van der Waals surface area contributed by atoms with E-state index in [1.165, 1.54) is 5.69 Å². The molecular weight excluding hydrogens is 372 g/mol. The number of hydrogen-bond donors (Lipinski definition) is 0. The minimum absolute atomic E-state index is 0.0545. The van der Waals surface area contributed by atoms with Crippen molar-refractivity contribution in [3.05, 3.63) is 82.6 Å². The van der Waals surface area contributed by atoms with E-state index in [4.69, 9.17) is 21.1 Å².